The van der Waals surface area contributed by atoms with E-state index in [9.17, 15) is 4.79 Å². The molecule has 154 valence electrons. The highest BCUT2D eigenvalue weighted by Gasteiger charge is 2.37. The number of carbonyl (C=O) groups excluding carboxylic acids is 1. The first kappa shape index (κ1) is 19.9. The summed E-state index contributed by atoms with van der Waals surface area (Å²) in [5.74, 6) is 3.37. The first-order valence-electron chi connectivity index (χ1n) is 11.7. The fourth-order valence-electron chi connectivity index (χ4n) is 5.09. The number of hydrogen-bond acceptors (Lipinski definition) is 3. The largest absolute Gasteiger partial charge is 0.425 e. The minimum atomic E-state index is -0.0675. The van der Waals surface area contributed by atoms with Gasteiger partial charge in [-0.1, -0.05) is 45.4 Å². The average molecular weight is 384 g/mol. The Labute approximate surface area is 170 Å². The van der Waals surface area contributed by atoms with Crippen molar-refractivity contribution in [2.45, 2.75) is 90.0 Å². The second-order valence-corrected chi connectivity index (χ2v) is 9.49. The maximum atomic E-state index is 13.3. The van der Waals surface area contributed by atoms with Crippen molar-refractivity contribution in [2.75, 3.05) is 13.1 Å². The molecule has 3 aliphatic rings. The fourth-order valence-corrected chi connectivity index (χ4v) is 5.09. The van der Waals surface area contributed by atoms with E-state index >= 15 is 0 Å². The molecule has 1 saturated heterocycles. The number of hydrogen-bond donors (Lipinski definition) is 0. The molecule has 0 N–H and O–H groups in total. The Morgan fingerprint density at radius 1 is 1.04 bits per heavy atom. The van der Waals surface area contributed by atoms with Crippen molar-refractivity contribution in [2.24, 2.45) is 11.8 Å². The molecule has 3 fully saturated rings. The molecule has 1 aromatic carbocycles. The maximum Gasteiger partial charge on any atom is 0.328 e. The molecule has 0 aromatic heterocycles. The number of piperidine rings is 1. The van der Waals surface area contributed by atoms with E-state index in [1.54, 1.807) is 0 Å². The Morgan fingerprint density at radius 2 is 1.64 bits per heavy atom. The normalized spacial score (nSPS) is 25.3. The van der Waals surface area contributed by atoms with Crippen LogP contribution in [0, 0.1) is 11.8 Å². The van der Waals surface area contributed by atoms with Gasteiger partial charge in [0.2, 0.25) is 0 Å². The third-order valence-corrected chi connectivity index (χ3v) is 7.31. The highest BCUT2D eigenvalue weighted by molar-refractivity contribution is 5.79. The molecule has 3 nitrogen and oxygen atoms in total. The molecule has 3 atom stereocenters. The van der Waals surface area contributed by atoms with Gasteiger partial charge in [-0.15, -0.1) is 0 Å². The van der Waals surface area contributed by atoms with E-state index in [0.29, 0.717) is 11.8 Å². The standard InChI is InChI=1S/C25H37NO2/c1-4-15-26-16-6-5-10-23(26)25(27)28-24-21(17(2)19-11-12-19)8-7-9-22(24)18(3)20-13-14-20/h7-9,17-20,23H,4-6,10-16H2,1-3H3/t17?,18?,23-/m0/s1. The molecule has 0 amide bonds. The van der Waals surface area contributed by atoms with Gasteiger partial charge < -0.3 is 4.74 Å². The van der Waals surface area contributed by atoms with Crippen molar-refractivity contribution in [3.63, 3.8) is 0 Å². The van der Waals surface area contributed by atoms with Crippen LogP contribution in [0.15, 0.2) is 18.2 Å². The average Bonchev–Trinajstić information content (AvgIpc) is 3.60. The van der Waals surface area contributed by atoms with Gasteiger partial charge in [0.25, 0.3) is 0 Å². The van der Waals surface area contributed by atoms with Gasteiger partial charge in [0, 0.05) is 0 Å². The van der Waals surface area contributed by atoms with Crippen LogP contribution in [0.4, 0.5) is 0 Å². The highest BCUT2D eigenvalue weighted by Crippen LogP contribution is 2.50. The van der Waals surface area contributed by atoms with Crippen molar-refractivity contribution in [3.05, 3.63) is 29.3 Å². The first-order valence-corrected chi connectivity index (χ1v) is 11.7. The smallest absolute Gasteiger partial charge is 0.328 e. The van der Waals surface area contributed by atoms with Crippen LogP contribution in [0.5, 0.6) is 5.75 Å². The molecule has 2 unspecified atom stereocenters. The van der Waals surface area contributed by atoms with E-state index < -0.39 is 0 Å². The molecular formula is C25H37NO2. The second kappa shape index (κ2) is 8.57. The summed E-state index contributed by atoms with van der Waals surface area (Å²) >= 11 is 0. The Morgan fingerprint density at radius 3 is 2.18 bits per heavy atom. The monoisotopic (exact) mass is 383 g/mol. The number of para-hydroxylation sites is 1. The minimum absolute atomic E-state index is 0.0205. The third-order valence-electron chi connectivity index (χ3n) is 7.31. The summed E-state index contributed by atoms with van der Waals surface area (Å²) in [7, 11) is 0. The van der Waals surface area contributed by atoms with Gasteiger partial charge in [0.05, 0.1) is 0 Å². The van der Waals surface area contributed by atoms with Crippen molar-refractivity contribution < 1.29 is 9.53 Å². The number of carbonyl (C=O) groups is 1. The van der Waals surface area contributed by atoms with Gasteiger partial charge >= 0.3 is 5.97 Å². The lowest BCUT2D eigenvalue weighted by molar-refractivity contribution is -0.141. The fraction of sp³-hybridized carbons (Fsp3) is 0.720. The topological polar surface area (TPSA) is 29.5 Å². The van der Waals surface area contributed by atoms with Crippen LogP contribution < -0.4 is 4.74 Å². The zero-order valence-corrected chi connectivity index (χ0v) is 18.0. The van der Waals surface area contributed by atoms with Crippen LogP contribution in [-0.4, -0.2) is 30.0 Å². The Bertz CT molecular complexity index is 654. The summed E-state index contributed by atoms with van der Waals surface area (Å²) < 4.78 is 6.31. The maximum absolute atomic E-state index is 13.3. The molecule has 1 aromatic rings. The Balaban J connectivity index is 1.61. The summed E-state index contributed by atoms with van der Waals surface area (Å²) in [5.41, 5.74) is 2.53. The summed E-state index contributed by atoms with van der Waals surface area (Å²) in [6, 6.07) is 6.53. The van der Waals surface area contributed by atoms with Crippen molar-refractivity contribution in [1.82, 2.24) is 4.90 Å². The number of nitrogens with zero attached hydrogens (tertiary/aromatic N) is 1. The molecular weight excluding hydrogens is 346 g/mol. The molecule has 1 aliphatic heterocycles. The zero-order chi connectivity index (χ0) is 19.7. The first-order chi connectivity index (χ1) is 13.6. The van der Waals surface area contributed by atoms with Gasteiger partial charge in [0.1, 0.15) is 11.8 Å². The van der Waals surface area contributed by atoms with Crippen molar-refractivity contribution in [1.29, 1.82) is 0 Å². The SMILES string of the molecule is CCCN1CCCC[C@H]1C(=O)Oc1c(C(C)C2CC2)cccc1C(C)C1CC1. The Kier molecular flexibility index (Phi) is 6.10. The van der Waals surface area contributed by atoms with E-state index in [2.05, 4.69) is 43.9 Å². The van der Waals surface area contributed by atoms with Crippen molar-refractivity contribution >= 4 is 5.97 Å². The highest BCUT2D eigenvalue weighted by atomic mass is 16.5. The minimum Gasteiger partial charge on any atom is -0.425 e. The molecule has 2 aliphatic carbocycles. The van der Waals surface area contributed by atoms with E-state index in [1.165, 1.54) is 43.2 Å². The number of ether oxygens (including phenoxy) is 1. The van der Waals surface area contributed by atoms with Gasteiger partial charge in [-0.25, -0.2) is 4.79 Å². The van der Waals surface area contributed by atoms with Crippen LogP contribution in [-0.2, 0) is 4.79 Å². The van der Waals surface area contributed by atoms with E-state index in [-0.39, 0.29) is 12.0 Å². The van der Waals surface area contributed by atoms with Gasteiger partial charge in [-0.2, -0.15) is 0 Å². The summed E-state index contributed by atoms with van der Waals surface area (Å²) in [5, 5.41) is 0. The predicted octanol–water partition coefficient (Wildman–Crippen LogP) is 5.88. The van der Waals surface area contributed by atoms with Crippen molar-refractivity contribution in [3.8, 4) is 5.75 Å². The quantitative estimate of drug-likeness (QED) is 0.414. The van der Waals surface area contributed by atoms with Gasteiger partial charge in [-0.05, 0) is 92.8 Å². The summed E-state index contributed by atoms with van der Waals surface area (Å²) in [4.78, 5) is 15.7. The molecule has 1 heterocycles. The lowest BCUT2D eigenvalue weighted by atomic mass is 9.88. The van der Waals surface area contributed by atoms with Gasteiger partial charge in [0.15, 0.2) is 0 Å². The zero-order valence-electron chi connectivity index (χ0n) is 18.0. The molecule has 2 saturated carbocycles. The number of rotatable bonds is 8. The lowest BCUT2D eigenvalue weighted by Gasteiger charge is -2.34. The molecule has 0 bridgehead atoms. The van der Waals surface area contributed by atoms with Crippen LogP contribution >= 0.6 is 0 Å². The molecule has 0 radical (unpaired) electrons. The summed E-state index contributed by atoms with van der Waals surface area (Å²) in [6.45, 7) is 8.85. The van der Waals surface area contributed by atoms with Gasteiger partial charge in [-0.3, -0.25) is 4.90 Å². The number of likely N-dealkylation sites (tertiary alicyclic amines) is 1. The van der Waals surface area contributed by atoms with Crippen LogP contribution in [0.1, 0.15) is 95.1 Å². The van der Waals surface area contributed by atoms with Crippen LogP contribution in [0.25, 0.3) is 0 Å². The molecule has 4 rings (SSSR count). The number of benzene rings is 1. The van der Waals surface area contributed by atoms with Crippen LogP contribution in [0.2, 0.25) is 0 Å². The summed E-state index contributed by atoms with van der Waals surface area (Å²) in [6.07, 6.45) is 9.59. The molecule has 28 heavy (non-hydrogen) atoms. The molecule has 0 spiro atoms. The van der Waals surface area contributed by atoms with Crippen LogP contribution in [0.3, 0.4) is 0 Å². The Hall–Kier alpha value is -1.35. The van der Waals surface area contributed by atoms with E-state index in [0.717, 1.165) is 49.9 Å². The van der Waals surface area contributed by atoms with E-state index in [1.807, 2.05) is 0 Å². The predicted molar refractivity (Wildman–Crippen MR) is 114 cm³/mol. The third kappa shape index (κ3) is 4.30. The molecule has 3 heteroatoms. The second-order valence-electron chi connectivity index (χ2n) is 9.49. The lowest BCUT2D eigenvalue weighted by Crippen LogP contribution is -2.46. The van der Waals surface area contributed by atoms with E-state index in [4.69, 9.17) is 4.74 Å². The number of esters is 1.